The Morgan fingerprint density at radius 1 is 1.11 bits per heavy atom. The normalized spacial score (nSPS) is 21.4. The molecule has 0 spiro atoms. The van der Waals surface area contributed by atoms with E-state index in [2.05, 4.69) is 29.5 Å². The molecule has 0 radical (unpaired) electrons. The first kappa shape index (κ1) is 28.9. The van der Waals surface area contributed by atoms with E-state index in [1.165, 1.54) is 6.08 Å². The van der Waals surface area contributed by atoms with Crippen molar-refractivity contribution in [1.82, 2.24) is 14.8 Å². The third-order valence-electron chi connectivity index (χ3n) is 9.63. The summed E-state index contributed by atoms with van der Waals surface area (Å²) in [4.78, 5) is 24.1. The van der Waals surface area contributed by atoms with Crippen LogP contribution in [0.2, 0.25) is 10.0 Å². The molecule has 4 aromatic rings. The van der Waals surface area contributed by atoms with Crippen molar-refractivity contribution in [2.45, 2.75) is 43.8 Å². The number of fused-ring (bicyclic) bond motifs is 3. The quantitative estimate of drug-likeness (QED) is 0.209. The molecule has 0 aliphatic carbocycles. The number of nitrogens with zero attached hydrogens (tertiary/aromatic N) is 5. The van der Waals surface area contributed by atoms with Crippen molar-refractivity contribution in [2.24, 2.45) is 0 Å². The third kappa shape index (κ3) is 4.77. The van der Waals surface area contributed by atoms with Gasteiger partial charge in [-0.25, -0.2) is 4.98 Å². The Bertz CT molecular complexity index is 1850. The first-order valence-corrected chi connectivity index (χ1v) is 15.9. The van der Waals surface area contributed by atoms with Gasteiger partial charge in [-0.1, -0.05) is 60.1 Å². The smallest absolute Gasteiger partial charge is 0.246 e. The minimum atomic E-state index is -0.0416. The molecule has 3 aliphatic heterocycles. The number of ether oxygens (including phenoxy) is 1. The van der Waals surface area contributed by atoms with E-state index in [1.54, 1.807) is 0 Å². The Morgan fingerprint density at radius 3 is 2.68 bits per heavy atom. The molecule has 3 saturated heterocycles. The van der Waals surface area contributed by atoms with E-state index in [-0.39, 0.29) is 24.4 Å². The number of hydrogen-bond donors (Lipinski definition) is 0. The minimum Gasteiger partial charge on any atom is -0.476 e. The number of carbonyl (C=O) groups is 1. The van der Waals surface area contributed by atoms with Crippen molar-refractivity contribution in [2.75, 3.05) is 38.2 Å². The second-order valence-corrected chi connectivity index (χ2v) is 12.8. The first-order valence-electron chi connectivity index (χ1n) is 15.1. The largest absolute Gasteiger partial charge is 0.476 e. The van der Waals surface area contributed by atoms with Crippen molar-refractivity contribution in [3.8, 4) is 23.1 Å². The van der Waals surface area contributed by atoms with Crippen LogP contribution in [0, 0.1) is 11.3 Å². The number of carbonyl (C=O) groups excluding carboxylic acids is 1. The van der Waals surface area contributed by atoms with Gasteiger partial charge in [0.2, 0.25) is 11.8 Å². The van der Waals surface area contributed by atoms with Crippen LogP contribution >= 0.6 is 23.2 Å². The molecule has 3 aromatic carbocycles. The lowest BCUT2D eigenvalue weighted by Crippen LogP contribution is -2.63. The molecule has 224 valence electrons. The van der Waals surface area contributed by atoms with Gasteiger partial charge in [0.25, 0.3) is 0 Å². The van der Waals surface area contributed by atoms with Crippen LogP contribution in [0.3, 0.4) is 0 Å². The summed E-state index contributed by atoms with van der Waals surface area (Å²) in [7, 11) is 2.12. The Kier molecular flexibility index (Phi) is 7.62. The number of nitriles is 1. The topological polar surface area (TPSA) is 72.7 Å². The average molecular weight is 627 g/mol. The summed E-state index contributed by atoms with van der Waals surface area (Å²) in [5.41, 5.74) is 4.18. The number of halogens is 2. The van der Waals surface area contributed by atoms with Crippen molar-refractivity contribution in [3.05, 3.63) is 76.8 Å². The number of rotatable bonds is 7. The van der Waals surface area contributed by atoms with Crippen LogP contribution in [-0.2, 0) is 11.2 Å². The maximum absolute atomic E-state index is 12.5. The highest BCUT2D eigenvalue weighted by Gasteiger charge is 2.49. The Balaban J connectivity index is 1.39. The minimum absolute atomic E-state index is 0.0416. The van der Waals surface area contributed by atoms with Crippen LogP contribution in [0.25, 0.3) is 32.8 Å². The number of benzene rings is 3. The van der Waals surface area contributed by atoms with E-state index in [4.69, 9.17) is 32.9 Å². The highest BCUT2D eigenvalue weighted by molar-refractivity contribution is 6.38. The SMILES string of the molecule is C=CC(=O)N1CC[C@@H]2[C@H]1CN2c1c(CC#N)c(OC[C@@H]2CCCN2C)nc2cc(-c3cccc4cccc(Cl)c34)c(Cl)cc12. The summed E-state index contributed by atoms with van der Waals surface area (Å²) in [5.74, 6) is 0.444. The van der Waals surface area contributed by atoms with E-state index in [0.717, 1.165) is 69.9 Å². The van der Waals surface area contributed by atoms with E-state index in [9.17, 15) is 10.1 Å². The maximum Gasteiger partial charge on any atom is 0.246 e. The van der Waals surface area contributed by atoms with Crippen molar-refractivity contribution < 1.29 is 9.53 Å². The lowest BCUT2D eigenvalue weighted by molar-refractivity contribution is -0.127. The fraction of sp³-hybridized carbons (Fsp3) is 0.343. The number of pyridine rings is 1. The van der Waals surface area contributed by atoms with Crippen LogP contribution in [-0.4, -0.2) is 72.1 Å². The van der Waals surface area contributed by atoms with Gasteiger partial charge in [0, 0.05) is 45.5 Å². The zero-order chi connectivity index (χ0) is 30.5. The summed E-state index contributed by atoms with van der Waals surface area (Å²) in [6.45, 7) is 6.57. The molecular formula is C35H33Cl2N5O2. The molecular weight excluding hydrogens is 593 g/mol. The van der Waals surface area contributed by atoms with Gasteiger partial charge < -0.3 is 19.4 Å². The summed E-state index contributed by atoms with van der Waals surface area (Å²) in [5, 5.41) is 14.0. The van der Waals surface area contributed by atoms with E-state index in [1.807, 2.05) is 53.4 Å². The molecule has 0 saturated carbocycles. The van der Waals surface area contributed by atoms with Gasteiger partial charge in [-0.3, -0.25) is 4.79 Å². The Morgan fingerprint density at radius 2 is 1.93 bits per heavy atom. The molecule has 0 unspecified atom stereocenters. The maximum atomic E-state index is 12.5. The lowest BCUT2D eigenvalue weighted by Gasteiger charge is -2.49. The highest BCUT2D eigenvalue weighted by Crippen LogP contribution is 2.47. The Hall–Kier alpha value is -3.83. The molecule has 4 heterocycles. The van der Waals surface area contributed by atoms with Gasteiger partial charge in [0.15, 0.2) is 0 Å². The monoisotopic (exact) mass is 625 g/mol. The number of likely N-dealkylation sites (N-methyl/N-ethyl adjacent to an activating group) is 1. The zero-order valence-corrected chi connectivity index (χ0v) is 26.1. The lowest BCUT2D eigenvalue weighted by atomic mass is 9.91. The van der Waals surface area contributed by atoms with Gasteiger partial charge in [0.1, 0.15) is 6.61 Å². The zero-order valence-electron chi connectivity index (χ0n) is 24.6. The molecule has 44 heavy (non-hydrogen) atoms. The molecule has 9 heteroatoms. The molecule has 3 aliphatic rings. The number of aromatic nitrogens is 1. The van der Waals surface area contributed by atoms with Crippen molar-refractivity contribution in [1.29, 1.82) is 5.26 Å². The summed E-state index contributed by atoms with van der Waals surface area (Å²) >= 11 is 13.8. The van der Waals surface area contributed by atoms with Crippen LogP contribution < -0.4 is 9.64 Å². The number of likely N-dealkylation sites (tertiary alicyclic amines) is 2. The predicted molar refractivity (Wildman–Crippen MR) is 177 cm³/mol. The predicted octanol–water partition coefficient (Wildman–Crippen LogP) is 6.88. The molecule has 7 rings (SSSR count). The highest BCUT2D eigenvalue weighted by atomic mass is 35.5. The van der Waals surface area contributed by atoms with Crippen LogP contribution in [0.4, 0.5) is 5.69 Å². The van der Waals surface area contributed by atoms with Gasteiger partial charge in [-0.05, 0) is 68.1 Å². The number of hydrogen-bond acceptors (Lipinski definition) is 6. The molecule has 1 aromatic heterocycles. The van der Waals surface area contributed by atoms with Crippen LogP contribution in [0.5, 0.6) is 5.88 Å². The van der Waals surface area contributed by atoms with Gasteiger partial charge in [-0.2, -0.15) is 5.26 Å². The van der Waals surface area contributed by atoms with Crippen LogP contribution in [0.1, 0.15) is 24.8 Å². The van der Waals surface area contributed by atoms with Gasteiger partial charge in [0.05, 0.1) is 41.3 Å². The molecule has 3 atom stereocenters. The number of anilines is 1. The summed E-state index contributed by atoms with van der Waals surface area (Å²) in [6.07, 6.45) is 4.58. The molecule has 3 fully saturated rings. The van der Waals surface area contributed by atoms with Gasteiger partial charge >= 0.3 is 0 Å². The second kappa shape index (κ2) is 11.6. The number of amides is 1. The fourth-order valence-electron chi connectivity index (χ4n) is 7.33. The van der Waals surface area contributed by atoms with E-state index < -0.39 is 0 Å². The third-order valence-corrected chi connectivity index (χ3v) is 10.3. The molecule has 1 amide bonds. The Labute approximate surface area is 267 Å². The van der Waals surface area contributed by atoms with Crippen molar-refractivity contribution in [3.63, 3.8) is 0 Å². The van der Waals surface area contributed by atoms with E-state index in [0.29, 0.717) is 41.7 Å². The summed E-state index contributed by atoms with van der Waals surface area (Å²) < 4.78 is 6.50. The van der Waals surface area contributed by atoms with Crippen LogP contribution in [0.15, 0.2) is 61.2 Å². The second-order valence-electron chi connectivity index (χ2n) is 12.0. The van der Waals surface area contributed by atoms with Crippen molar-refractivity contribution >= 4 is 56.5 Å². The average Bonchev–Trinajstić information content (AvgIpc) is 3.58. The standard InChI is InChI=1S/C35H33Cl2N5O2/c1-3-32(43)41-16-13-30-31(41)19-42(30)34-24(12-14-38)35(44-20-22-9-6-15-40(22)2)39-29-18-25(28(37)17-26(29)34)23-10-4-7-21-8-5-11-27(36)33(21)23/h3-5,7-8,10-11,17-18,22,30-31H,1,6,9,12-13,15-16,19-20H2,2H3/t22-,30+,31+/m0/s1. The summed E-state index contributed by atoms with van der Waals surface area (Å²) in [6, 6.07) is 18.8. The molecule has 0 bridgehead atoms. The van der Waals surface area contributed by atoms with Gasteiger partial charge in [-0.15, -0.1) is 0 Å². The molecule has 7 nitrogen and oxygen atoms in total. The van der Waals surface area contributed by atoms with E-state index >= 15 is 0 Å². The first-order chi connectivity index (χ1) is 21.4. The fourth-order valence-corrected chi connectivity index (χ4v) is 7.88. The molecule has 0 N–H and O–H groups in total.